The molecule has 0 aliphatic heterocycles. The van der Waals surface area contributed by atoms with E-state index in [-0.39, 0.29) is 24.9 Å². The third-order valence-corrected chi connectivity index (χ3v) is 3.19. The first-order valence-corrected chi connectivity index (χ1v) is 6.76. The molecule has 0 radical (unpaired) electrons. The lowest BCUT2D eigenvalue weighted by molar-refractivity contribution is -0.132. The fourth-order valence-corrected chi connectivity index (χ4v) is 1.93. The summed E-state index contributed by atoms with van der Waals surface area (Å²) >= 11 is 0. The number of rotatable bonds is 6. The predicted molar refractivity (Wildman–Crippen MR) is 80.2 cm³/mol. The molecule has 0 aromatic heterocycles. The van der Waals surface area contributed by atoms with Crippen molar-refractivity contribution in [2.45, 2.75) is 6.54 Å². The SMILES string of the molecule is CN(Cc1ccccc1F)C(=O)COc1ccccc1C=O. The summed E-state index contributed by atoms with van der Waals surface area (Å²) in [6, 6.07) is 12.9. The van der Waals surface area contributed by atoms with E-state index < -0.39 is 0 Å². The van der Waals surface area contributed by atoms with Gasteiger partial charge in [0.25, 0.3) is 5.91 Å². The number of nitrogens with zero attached hydrogens (tertiary/aromatic N) is 1. The van der Waals surface area contributed by atoms with Gasteiger partial charge >= 0.3 is 0 Å². The Labute approximate surface area is 128 Å². The molecule has 2 aromatic carbocycles. The van der Waals surface area contributed by atoms with Gasteiger partial charge in [0, 0.05) is 19.2 Å². The van der Waals surface area contributed by atoms with Gasteiger partial charge in [-0.05, 0) is 18.2 Å². The molecular weight excluding hydrogens is 285 g/mol. The van der Waals surface area contributed by atoms with E-state index in [1.54, 1.807) is 49.5 Å². The van der Waals surface area contributed by atoms with Crippen LogP contribution in [-0.4, -0.2) is 30.7 Å². The summed E-state index contributed by atoms with van der Waals surface area (Å²) in [7, 11) is 1.57. The normalized spacial score (nSPS) is 10.1. The highest BCUT2D eigenvalue weighted by Crippen LogP contribution is 2.16. The summed E-state index contributed by atoms with van der Waals surface area (Å²) in [6.07, 6.45) is 0.670. The van der Waals surface area contributed by atoms with Gasteiger partial charge in [0.1, 0.15) is 11.6 Å². The van der Waals surface area contributed by atoms with Crippen LogP contribution in [0.3, 0.4) is 0 Å². The predicted octanol–water partition coefficient (Wildman–Crippen LogP) is 2.68. The monoisotopic (exact) mass is 301 g/mol. The zero-order valence-corrected chi connectivity index (χ0v) is 12.2. The number of amides is 1. The molecular formula is C17H16FNO3. The van der Waals surface area contributed by atoms with Crippen molar-refractivity contribution < 1.29 is 18.7 Å². The van der Waals surface area contributed by atoms with Crippen LogP contribution in [0.1, 0.15) is 15.9 Å². The van der Waals surface area contributed by atoms with E-state index in [9.17, 15) is 14.0 Å². The van der Waals surface area contributed by atoms with Crippen LogP contribution in [0, 0.1) is 5.82 Å². The van der Waals surface area contributed by atoms with Crippen LogP contribution in [0.25, 0.3) is 0 Å². The molecule has 0 atom stereocenters. The number of aldehydes is 1. The first-order valence-electron chi connectivity index (χ1n) is 6.76. The van der Waals surface area contributed by atoms with E-state index in [2.05, 4.69) is 0 Å². The lowest BCUT2D eigenvalue weighted by Crippen LogP contribution is -2.31. The molecule has 0 spiro atoms. The minimum absolute atomic E-state index is 0.157. The maximum atomic E-state index is 13.6. The lowest BCUT2D eigenvalue weighted by atomic mass is 10.2. The molecule has 22 heavy (non-hydrogen) atoms. The van der Waals surface area contributed by atoms with Crippen LogP contribution in [0.15, 0.2) is 48.5 Å². The zero-order valence-electron chi connectivity index (χ0n) is 12.2. The Morgan fingerprint density at radius 3 is 2.59 bits per heavy atom. The van der Waals surface area contributed by atoms with Crippen LogP contribution in [-0.2, 0) is 11.3 Å². The molecule has 0 unspecified atom stereocenters. The van der Waals surface area contributed by atoms with Gasteiger partial charge in [-0.3, -0.25) is 9.59 Å². The number of likely N-dealkylation sites (N-methyl/N-ethyl adjacent to an activating group) is 1. The van der Waals surface area contributed by atoms with Gasteiger partial charge < -0.3 is 9.64 Å². The van der Waals surface area contributed by atoms with E-state index >= 15 is 0 Å². The van der Waals surface area contributed by atoms with Crippen molar-refractivity contribution in [3.63, 3.8) is 0 Å². The molecule has 0 saturated carbocycles. The van der Waals surface area contributed by atoms with E-state index in [0.717, 1.165) is 0 Å². The van der Waals surface area contributed by atoms with E-state index in [1.807, 2.05) is 0 Å². The first-order chi connectivity index (χ1) is 10.6. The lowest BCUT2D eigenvalue weighted by Gasteiger charge is -2.18. The average Bonchev–Trinajstić information content (AvgIpc) is 2.54. The van der Waals surface area contributed by atoms with Gasteiger partial charge in [-0.1, -0.05) is 30.3 Å². The fourth-order valence-electron chi connectivity index (χ4n) is 1.93. The molecule has 2 rings (SSSR count). The van der Waals surface area contributed by atoms with Crippen molar-refractivity contribution in [2.24, 2.45) is 0 Å². The average molecular weight is 301 g/mol. The number of ether oxygens (including phenoxy) is 1. The van der Waals surface area contributed by atoms with Gasteiger partial charge in [0.2, 0.25) is 0 Å². The quantitative estimate of drug-likeness (QED) is 0.771. The van der Waals surface area contributed by atoms with Gasteiger partial charge in [-0.25, -0.2) is 4.39 Å². The Hall–Kier alpha value is -2.69. The van der Waals surface area contributed by atoms with Crippen molar-refractivity contribution >= 4 is 12.2 Å². The van der Waals surface area contributed by atoms with Gasteiger partial charge in [-0.2, -0.15) is 0 Å². The molecule has 0 aliphatic carbocycles. The van der Waals surface area contributed by atoms with Crippen molar-refractivity contribution in [3.05, 3.63) is 65.5 Å². The van der Waals surface area contributed by atoms with E-state index in [4.69, 9.17) is 4.74 Å². The van der Waals surface area contributed by atoms with Crippen LogP contribution in [0.5, 0.6) is 5.75 Å². The van der Waals surface area contributed by atoms with E-state index in [0.29, 0.717) is 23.2 Å². The summed E-state index contributed by atoms with van der Waals surface area (Å²) in [5, 5.41) is 0. The summed E-state index contributed by atoms with van der Waals surface area (Å²) < 4.78 is 18.9. The van der Waals surface area contributed by atoms with Crippen LogP contribution < -0.4 is 4.74 Å². The number of halogens is 1. The molecule has 1 amide bonds. The maximum absolute atomic E-state index is 13.6. The van der Waals surface area contributed by atoms with Crippen LogP contribution in [0.2, 0.25) is 0 Å². The summed E-state index contributed by atoms with van der Waals surface area (Å²) in [4.78, 5) is 24.3. The molecule has 0 N–H and O–H groups in total. The van der Waals surface area contributed by atoms with Gasteiger partial charge in [-0.15, -0.1) is 0 Å². The largest absolute Gasteiger partial charge is 0.483 e. The molecule has 114 valence electrons. The number of para-hydroxylation sites is 1. The molecule has 0 saturated heterocycles. The second-order valence-electron chi connectivity index (χ2n) is 4.79. The first kappa shape index (κ1) is 15.7. The minimum atomic E-state index is -0.352. The second-order valence-corrected chi connectivity index (χ2v) is 4.79. The van der Waals surface area contributed by atoms with Crippen molar-refractivity contribution in [2.75, 3.05) is 13.7 Å². The number of carbonyl (C=O) groups is 2. The molecule has 0 aliphatic rings. The van der Waals surface area contributed by atoms with Gasteiger partial charge in [0.15, 0.2) is 12.9 Å². The van der Waals surface area contributed by atoms with Crippen molar-refractivity contribution in [1.82, 2.24) is 4.90 Å². The topological polar surface area (TPSA) is 46.6 Å². The molecule has 4 nitrogen and oxygen atoms in total. The van der Waals surface area contributed by atoms with Crippen molar-refractivity contribution in [3.8, 4) is 5.75 Å². The maximum Gasteiger partial charge on any atom is 0.260 e. The molecule has 0 bridgehead atoms. The summed E-state index contributed by atoms with van der Waals surface area (Å²) in [5.41, 5.74) is 0.818. The third-order valence-electron chi connectivity index (χ3n) is 3.19. The highest BCUT2D eigenvalue weighted by molar-refractivity contribution is 5.80. The highest BCUT2D eigenvalue weighted by Gasteiger charge is 2.13. The Balaban J connectivity index is 1.94. The number of benzene rings is 2. The number of hydrogen-bond acceptors (Lipinski definition) is 3. The Morgan fingerprint density at radius 1 is 1.18 bits per heavy atom. The Kier molecular flexibility index (Phi) is 5.25. The second kappa shape index (κ2) is 7.36. The molecule has 5 heteroatoms. The van der Waals surface area contributed by atoms with E-state index in [1.165, 1.54) is 11.0 Å². The van der Waals surface area contributed by atoms with Crippen LogP contribution >= 0.6 is 0 Å². The third kappa shape index (κ3) is 3.91. The molecule has 2 aromatic rings. The van der Waals surface area contributed by atoms with Gasteiger partial charge in [0.05, 0.1) is 5.56 Å². The van der Waals surface area contributed by atoms with Crippen LogP contribution in [0.4, 0.5) is 4.39 Å². The zero-order chi connectivity index (χ0) is 15.9. The Bertz CT molecular complexity index is 672. The molecule has 0 heterocycles. The minimum Gasteiger partial charge on any atom is -0.483 e. The number of hydrogen-bond donors (Lipinski definition) is 0. The summed E-state index contributed by atoms with van der Waals surface area (Å²) in [6.45, 7) is -0.0556. The van der Waals surface area contributed by atoms with Crippen molar-refractivity contribution in [1.29, 1.82) is 0 Å². The smallest absolute Gasteiger partial charge is 0.260 e. The fraction of sp³-hybridized carbons (Fsp3) is 0.176. The molecule has 0 fully saturated rings. The Morgan fingerprint density at radius 2 is 1.86 bits per heavy atom. The standard InChI is InChI=1S/C17H16FNO3/c1-19(10-13-6-2-4-8-15(13)18)17(21)12-22-16-9-5-3-7-14(16)11-20/h2-9,11H,10,12H2,1H3. The summed E-state index contributed by atoms with van der Waals surface area (Å²) in [5.74, 6) is -0.302. The number of carbonyl (C=O) groups excluding carboxylic acids is 2. The highest BCUT2D eigenvalue weighted by atomic mass is 19.1.